The maximum absolute atomic E-state index is 13.0. The van der Waals surface area contributed by atoms with E-state index in [-0.39, 0.29) is 23.5 Å². The van der Waals surface area contributed by atoms with Crippen molar-refractivity contribution in [1.29, 1.82) is 0 Å². The Balaban J connectivity index is 1.49. The van der Waals surface area contributed by atoms with E-state index >= 15 is 0 Å². The number of nitrogens with zero attached hydrogens (tertiary/aromatic N) is 2. The average Bonchev–Trinajstić information content (AvgIpc) is 3.08. The first kappa shape index (κ1) is 19.3. The van der Waals surface area contributed by atoms with Crippen molar-refractivity contribution < 1.29 is 9.18 Å². The lowest BCUT2D eigenvalue weighted by atomic mass is 10.1. The molecular weight excluding hydrogens is 383 g/mol. The van der Waals surface area contributed by atoms with Gasteiger partial charge in [-0.15, -0.1) is 10.2 Å². The minimum absolute atomic E-state index is 0.111. The molecule has 1 amide bonds. The summed E-state index contributed by atoms with van der Waals surface area (Å²) in [6.07, 6.45) is 0. The normalized spacial score (nSPS) is 11.8. The molecule has 0 aliphatic rings. The zero-order chi connectivity index (χ0) is 19.2. The van der Waals surface area contributed by atoms with Crippen LogP contribution in [0.1, 0.15) is 24.1 Å². The Labute approximate surface area is 165 Å². The largest absolute Gasteiger partial charge is 0.349 e. The second-order valence-electron chi connectivity index (χ2n) is 6.00. The molecule has 27 heavy (non-hydrogen) atoms. The molecule has 1 heterocycles. The van der Waals surface area contributed by atoms with Crippen LogP contribution in [-0.2, 0) is 4.79 Å². The highest BCUT2D eigenvalue weighted by atomic mass is 32.2. The standard InChI is InChI=1S/C19H19FN4OS2/c1-12-4-3-5-16(10-12)22-18-23-24-19(27-18)26-11-17(25)21-13(2)14-6-8-15(20)9-7-14/h3-10,13H,11H2,1-2H3,(H,21,25)(H,22,23). The van der Waals surface area contributed by atoms with E-state index in [1.807, 2.05) is 38.1 Å². The summed E-state index contributed by atoms with van der Waals surface area (Å²) in [6.45, 7) is 3.89. The summed E-state index contributed by atoms with van der Waals surface area (Å²) in [4.78, 5) is 12.1. The van der Waals surface area contributed by atoms with Crippen molar-refractivity contribution in [3.8, 4) is 0 Å². The average molecular weight is 403 g/mol. The van der Waals surface area contributed by atoms with E-state index < -0.39 is 0 Å². The summed E-state index contributed by atoms with van der Waals surface area (Å²) in [6, 6.07) is 13.9. The van der Waals surface area contributed by atoms with E-state index in [1.54, 1.807) is 12.1 Å². The monoisotopic (exact) mass is 402 g/mol. The smallest absolute Gasteiger partial charge is 0.230 e. The maximum atomic E-state index is 13.0. The van der Waals surface area contributed by atoms with Gasteiger partial charge in [0, 0.05) is 5.69 Å². The molecule has 0 fully saturated rings. The van der Waals surface area contributed by atoms with Gasteiger partial charge in [-0.25, -0.2) is 4.39 Å². The van der Waals surface area contributed by atoms with Gasteiger partial charge in [0.05, 0.1) is 11.8 Å². The summed E-state index contributed by atoms with van der Waals surface area (Å²) < 4.78 is 13.7. The van der Waals surface area contributed by atoms with Gasteiger partial charge in [0.25, 0.3) is 0 Å². The SMILES string of the molecule is Cc1cccc(Nc2nnc(SCC(=O)NC(C)c3ccc(F)cc3)s2)c1. The predicted molar refractivity (Wildman–Crippen MR) is 108 cm³/mol. The summed E-state index contributed by atoms with van der Waals surface area (Å²) in [5.74, 6) is -0.163. The van der Waals surface area contributed by atoms with Crippen LogP contribution in [0.15, 0.2) is 52.9 Å². The lowest BCUT2D eigenvalue weighted by molar-refractivity contribution is -0.119. The highest BCUT2D eigenvalue weighted by Gasteiger charge is 2.12. The van der Waals surface area contributed by atoms with E-state index in [9.17, 15) is 9.18 Å². The number of amides is 1. The van der Waals surface area contributed by atoms with Crippen LogP contribution in [0, 0.1) is 12.7 Å². The number of rotatable bonds is 7. The molecule has 3 rings (SSSR count). The number of carbonyl (C=O) groups excluding carboxylic acids is 1. The van der Waals surface area contributed by atoms with Crippen LogP contribution in [0.3, 0.4) is 0 Å². The zero-order valence-corrected chi connectivity index (χ0v) is 16.5. The summed E-state index contributed by atoms with van der Waals surface area (Å²) in [5, 5.41) is 15.0. The number of hydrogen-bond acceptors (Lipinski definition) is 6. The third kappa shape index (κ3) is 5.77. The van der Waals surface area contributed by atoms with Crippen molar-refractivity contribution in [3.63, 3.8) is 0 Å². The Kier molecular flexibility index (Phi) is 6.41. The lowest BCUT2D eigenvalue weighted by Crippen LogP contribution is -2.28. The molecule has 0 aliphatic carbocycles. The number of hydrogen-bond donors (Lipinski definition) is 2. The summed E-state index contributed by atoms with van der Waals surface area (Å²) >= 11 is 2.74. The van der Waals surface area contributed by atoms with Gasteiger partial charge in [-0.2, -0.15) is 0 Å². The molecular formula is C19H19FN4OS2. The molecule has 0 spiro atoms. The van der Waals surface area contributed by atoms with Crippen molar-refractivity contribution in [3.05, 3.63) is 65.5 Å². The quantitative estimate of drug-likeness (QED) is 0.561. The number of aryl methyl sites for hydroxylation is 1. The molecule has 0 radical (unpaired) electrons. The number of carbonyl (C=O) groups is 1. The van der Waals surface area contributed by atoms with Gasteiger partial charge < -0.3 is 10.6 Å². The number of benzene rings is 2. The second kappa shape index (κ2) is 8.96. The lowest BCUT2D eigenvalue weighted by Gasteiger charge is -2.13. The fourth-order valence-corrected chi connectivity index (χ4v) is 3.99. The molecule has 3 aromatic rings. The Morgan fingerprint density at radius 3 is 2.74 bits per heavy atom. The van der Waals surface area contributed by atoms with Crippen LogP contribution in [-0.4, -0.2) is 21.9 Å². The molecule has 0 aliphatic heterocycles. The molecule has 0 saturated carbocycles. The van der Waals surface area contributed by atoms with E-state index in [0.717, 1.165) is 21.2 Å². The van der Waals surface area contributed by atoms with Crippen LogP contribution in [0.2, 0.25) is 0 Å². The second-order valence-corrected chi connectivity index (χ2v) is 8.20. The number of halogens is 1. The fraction of sp³-hybridized carbons (Fsp3) is 0.211. The maximum Gasteiger partial charge on any atom is 0.230 e. The predicted octanol–water partition coefficient (Wildman–Crippen LogP) is 4.70. The highest BCUT2D eigenvalue weighted by Crippen LogP contribution is 2.28. The Morgan fingerprint density at radius 2 is 2.00 bits per heavy atom. The van der Waals surface area contributed by atoms with Gasteiger partial charge in [-0.05, 0) is 49.2 Å². The summed E-state index contributed by atoms with van der Waals surface area (Å²) in [5.41, 5.74) is 2.97. The molecule has 0 saturated heterocycles. The van der Waals surface area contributed by atoms with Crippen molar-refractivity contribution in [1.82, 2.24) is 15.5 Å². The number of anilines is 2. The van der Waals surface area contributed by atoms with Crippen molar-refractivity contribution in [2.45, 2.75) is 24.2 Å². The molecule has 5 nitrogen and oxygen atoms in total. The van der Waals surface area contributed by atoms with Gasteiger partial charge in [0.2, 0.25) is 11.0 Å². The van der Waals surface area contributed by atoms with E-state index in [1.165, 1.54) is 35.2 Å². The van der Waals surface area contributed by atoms with E-state index in [2.05, 4.69) is 20.8 Å². The van der Waals surface area contributed by atoms with Crippen LogP contribution in [0.5, 0.6) is 0 Å². The van der Waals surface area contributed by atoms with Crippen molar-refractivity contribution >= 4 is 39.8 Å². The molecule has 8 heteroatoms. The van der Waals surface area contributed by atoms with Crippen molar-refractivity contribution in [2.24, 2.45) is 0 Å². The molecule has 2 N–H and O–H groups in total. The van der Waals surface area contributed by atoms with E-state index in [4.69, 9.17) is 0 Å². The van der Waals surface area contributed by atoms with Gasteiger partial charge in [0.1, 0.15) is 5.82 Å². The first-order chi connectivity index (χ1) is 13.0. The van der Waals surface area contributed by atoms with Gasteiger partial charge >= 0.3 is 0 Å². The van der Waals surface area contributed by atoms with Gasteiger partial charge in [-0.3, -0.25) is 4.79 Å². The number of thioether (sulfide) groups is 1. The minimum atomic E-state index is -0.292. The van der Waals surface area contributed by atoms with Crippen molar-refractivity contribution in [2.75, 3.05) is 11.1 Å². The molecule has 0 bridgehead atoms. The minimum Gasteiger partial charge on any atom is -0.349 e. The molecule has 2 aromatic carbocycles. The Bertz CT molecular complexity index is 914. The van der Waals surface area contributed by atoms with E-state index in [0.29, 0.717) is 5.13 Å². The van der Waals surface area contributed by atoms with Crippen LogP contribution < -0.4 is 10.6 Å². The summed E-state index contributed by atoms with van der Waals surface area (Å²) in [7, 11) is 0. The molecule has 1 unspecified atom stereocenters. The molecule has 140 valence electrons. The topological polar surface area (TPSA) is 66.9 Å². The molecule has 1 atom stereocenters. The Hall–Kier alpha value is -2.45. The zero-order valence-electron chi connectivity index (χ0n) is 14.9. The molecule has 1 aromatic heterocycles. The third-order valence-electron chi connectivity index (χ3n) is 3.75. The third-order valence-corrected chi connectivity index (χ3v) is 5.72. The van der Waals surface area contributed by atoms with Crippen LogP contribution >= 0.6 is 23.1 Å². The van der Waals surface area contributed by atoms with Gasteiger partial charge in [-0.1, -0.05) is 47.4 Å². The van der Waals surface area contributed by atoms with Gasteiger partial charge in [0.15, 0.2) is 4.34 Å². The van der Waals surface area contributed by atoms with Crippen LogP contribution in [0.4, 0.5) is 15.2 Å². The first-order valence-corrected chi connectivity index (χ1v) is 10.1. The number of aromatic nitrogens is 2. The van der Waals surface area contributed by atoms with Crippen LogP contribution in [0.25, 0.3) is 0 Å². The fourth-order valence-electron chi connectivity index (χ4n) is 2.41. The number of nitrogens with one attached hydrogen (secondary N) is 2. The Morgan fingerprint density at radius 1 is 1.22 bits per heavy atom. The highest BCUT2D eigenvalue weighted by molar-refractivity contribution is 8.01. The first-order valence-electron chi connectivity index (χ1n) is 8.34.